The minimum Gasteiger partial charge on any atom is -0.469 e. The third-order valence-electron chi connectivity index (χ3n) is 3.91. The smallest absolute Gasteiger partial charge is 0.308 e. The summed E-state index contributed by atoms with van der Waals surface area (Å²) in [4.78, 5) is 22.5. The molecule has 0 aromatic carbocycles. The maximum absolute atomic E-state index is 12.3. The van der Waals surface area contributed by atoms with Gasteiger partial charge in [-0.3, -0.25) is 9.59 Å². The van der Waals surface area contributed by atoms with Crippen molar-refractivity contribution in [2.75, 3.05) is 26.7 Å². The minimum absolute atomic E-state index is 0.0515. The molecular weight excluding hydrogens is 298 g/mol. The Labute approximate surface area is 124 Å². The van der Waals surface area contributed by atoms with E-state index in [1.54, 1.807) is 0 Å². The van der Waals surface area contributed by atoms with Crippen molar-refractivity contribution in [2.45, 2.75) is 31.7 Å². The summed E-state index contributed by atoms with van der Waals surface area (Å²) in [7, 11) is -2.24. The second-order valence-corrected chi connectivity index (χ2v) is 7.06. The predicted molar refractivity (Wildman–Crippen MR) is 74.4 cm³/mol. The molecule has 2 heterocycles. The Kier molecular flexibility index (Phi) is 5.17. The normalized spacial score (nSPS) is 25.4. The van der Waals surface area contributed by atoms with Crippen LogP contribution in [0.25, 0.3) is 0 Å². The Morgan fingerprint density at radius 3 is 2.52 bits per heavy atom. The Morgan fingerprint density at radius 2 is 2.00 bits per heavy atom. The van der Waals surface area contributed by atoms with Crippen LogP contribution >= 0.6 is 0 Å². The van der Waals surface area contributed by atoms with E-state index in [-0.39, 0.29) is 23.8 Å². The zero-order chi connectivity index (χ0) is 15.5. The molecule has 0 aromatic rings. The monoisotopic (exact) mass is 319 g/mol. The highest BCUT2D eigenvalue weighted by Crippen LogP contribution is 2.20. The van der Waals surface area contributed by atoms with E-state index in [1.165, 1.54) is 11.4 Å². The molecule has 1 atom stereocenters. The number of esters is 1. The molecule has 120 valence electrons. The van der Waals surface area contributed by atoms with Crippen molar-refractivity contribution in [3.8, 4) is 0 Å². The molecule has 9 heteroatoms. The van der Waals surface area contributed by atoms with E-state index in [0.717, 1.165) is 0 Å². The number of nitrogens with zero attached hydrogens (tertiary/aromatic N) is 1. The van der Waals surface area contributed by atoms with Crippen molar-refractivity contribution in [1.29, 1.82) is 0 Å². The molecule has 0 spiro atoms. The maximum atomic E-state index is 12.3. The SMILES string of the molecule is COC(=O)C1CCN(S(=O)(=O)NC2CCC(=O)NC2)CC1. The summed E-state index contributed by atoms with van der Waals surface area (Å²) >= 11 is 0. The summed E-state index contributed by atoms with van der Waals surface area (Å²) in [6.45, 7) is 0.916. The molecule has 2 fully saturated rings. The first-order chi connectivity index (χ1) is 9.92. The van der Waals surface area contributed by atoms with Crippen LogP contribution in [-0.2, 0) is 24.5 Å². The molecule has 8 nitrogen and oxygen atoms in total. The number of ether oxygens (including phenoxy) is 1. The molecule has 0 radical (unpaired) electrons. The highest BCUT2D eigenvalue weighted by atomic mass is 32.2. The van der Waals surface area contributed by atoms with Gasteiger partial charge in [-0.05, 0) is 19.3 Å². The van der Waals surface area contributed by atoms with Crippen LogP contribution < -0.4 is 10.0 Å². The van der Waals surface area contributed by atoms with Gasteiger partial charge in [-0.1, -0.05) is 0 Å². The van der Waals surface area contributed by atoms with Crippen LogP contribution in [0.1, 0.15) is 25.7 Å². The topological polar surface area (TPSA) is 105 Å². The minimum atomic E-state index is -3.58. The zero-order valence-corrected chi connectivity index (χ0v) is 12.8. The molecular formula is C12H21N3O5S. The summed E-state index contributed by atoms with van der Waals surface area (Å²) in [5, 5.41) is 2.64. The van der Waals surface area contributed by atoms with E-state index in [0.29, 0.717) is 45.3 Å². The third-order valence-corrected chi connectivity index (χ3v) is 5.59. The van der Waals surface area contributed by atoms with Gasteiger partial charge < -0.3 is 10.1 Å². The van der Waals surface area contributed by atoms with Gasteiger partial charge in [0.15, 0.2) is 0 Å². The maximum Gasteiger partial charge on any atom is 0.308 e. The van der Waals surface area contributed by atoms with Crippen LogP contribution in [0, 0.1) is 5.92 Å². The number of rotatable bonds is 4. The first-order valence-corrected chi connectivity index (χ1v) is 8.48. The van der Waals surface area contributed by atoms with Gasteiger partial charge in [-0.2, -0.15) is 17.4 Å². The first kappa shape index (κ1) is 16.2. The summed E-state index contributed by atoms with van der Waals surface area (Å²) in [6.07, 6.45) is 1.77. The molecule has 0 saturated carbocycles. The van der Waals surface area contributed by atoms with E-state index in [2.05, 4.69) is 14.8 Å². The van der Waals surface area contributed by atoms with Gasteiger partial charge >= 0.3 is 5.97 Å². The lowest BCUT2D eigenvalue weighted by molar-refractivity contribution is -0.146. The highest BCUT2D eigenvalue weighted by molar-refractivity contribution is 7.87. The second kappa shape index (κ2) is 6.71. The van der Waals surface area contributed by atoms with E-state index >= 15 is 0 Å². The van der Waals surface area contributed by atoms with Gasteiger partial charge in [-0.25, -0.2) is 0 Å². The van der Waals surface area contributed by atoms with Crippen molar-refractivity contribution in [2.24, 2.45) is 5.92 Å². The number of methoxy groups -OCH3 is 1. The number of carbonyl (C=O) groups excluding carboxylic acids is 2. The average Bonchev–Trinajstić information content (AvgIpc) is 2.49. The van der Waals surface area contributed by atoms with Crippen LogP contribution in [0.2, 0.25) is 0 Å². The molecule has 1 amide bonds. The van der Waals surface area contributed by atoms with Crippen molar-refractivity contribution in [3.63, 3.8) is 0 Å². The zero-order valence-electron chi connectivity index (χ0n) is 12.0. The average molecular weight is 319 g/mol. The number of carbonyl (C=O) groups is 2. The molecule has 0 bridgehead atoms. The number of hydrogen-bond donors (Lipinski definition) is 2. The van der Waals surface area contributed by atoms with Crippen molar-refractivity contribution < 1.29 is 22.7 Å². The lowest BCUT2D eigenvalue weighted by atomic mass is 9.99. The highest BCUT2D eigenvalue weighted by Gasteiger charge is 2.33. The fourth-order valence-corrected chi connectivity index (χ4v) is 4.08. The second-order valence-electron chi connectivity index (χ2n) is 5.36. The number of hydrogen-bond acceptors (Lipinski definition) is 5. The third kappa shape index (κ3) is 4.14. The summed E-state index contributed by atoms with van der Waals surface area (Å²) in [5.74, 6) is -0.560. The van der Waals surface area contributed by atoms with Gasteiger partial charge in [0.25, 0.3) is 10.2 Å². The van der Waals surface area contributed by atoms with Crippen molar-refractivity contribution >= 4 is 22.1 Å². The van der Waals surface area contributed by atoms with Crippen LogP contribution in [0.4, 0.5) is 0 Å². The lowest BCUT2D eigenvalue weighted by Crippen LogP contribution is -2.53. The largest absolute Gasteiger partial charge is 0.469 e. The van der Waals surface area contributed by atoms with Gasteiger partial charge in [0.1, 0.15) is 0 Å². The molecule has 2 aliphatic rings. The number of nitrogens with one attached hydrogen (secondary N) is 2. The van der Waals surface area contributed by atoms with E-state index in [4.69, 9.17) is 0 Å². The molecule has 1 unspecified atom stereocenters. The van der Waals surface area contributed by atoms with Crippen LogP contribution in [0.5, 0.6) is 0 Å². The van der Waals surface area contributed by atoms with Gasteiger partial charge in [0, 0.05) is 32.1 Å². The van der Waals surface area contributed by atoms with Gasteiger partial charge in [0.05, 0.1) is 13.0 Å². The molecule has 0 aromatic heterocycles. The van der Waals surface area contributed by atoms with Crippen LogP contribution in [0.3, 0.4) is 0 Å². The quantitative estimate of drug-likeness (QED) is 0.646. The number of piperidine rings is 2. The molecule has 21 heavy (non-hydrogen) atoms. The molecule has 2 rings (SSSR count). The Bertz CT molecular complexity index is 489. The molecule has 2 aliphatic heterocycles. The van der Waals surface area contributed by atoms with E-state index < -0.39 is 10.2 Å². The fraction of sp³-hybridized carbons (Fsp3) is 0.833. The summed E-state index contributed by atoms with van der Waals surface area (Å²) in [5.41, 5.74) is 0. The Morgan fingerprint density at radius 1 is 1.33 bits per heavy atom. The first-order valence-electron chi connectivity index (χ1n) is 7.04. The van der Waals surface area contributed by atoms with Crippen molar-refractivity contribution in [3.05, 3.63) is 0 Å². The van der Waals surface area contributed by atoms with E-state index in [9.17, 15) is 18.0 Å². The standard InChI is InChI=1S/C12H21N3O5S/c1-20-12(17)9-4-6-15(7-5-9)21(18,19)14-10-2-3-11(16)13-8-10/h9-10,14H,2-8H2,1H3,(H,13,16). The fourth-order valence-electron chi connectivity index (χ4n) is 2.62. The molecule has 0 aliphatic carbocycles. The van der Waals surface area contributed by atoms with E-state index in [1.807, 2.05) is 0 Å². The van der Waals surface area contributed by atoms with Crippen molar-refractivity contribution in [1.82, 2.24) is 14.3 Å². The molecule has 2 N–H and O–H groups in total. The van der Waals surface area contributed by atoms with Crippen LogP contribution in [-0.4, -0.2) is 57.4 Å². The van der Waals surface area contributed by atoms with Gasteiger partial charge in [0.2, 0.25) is 5.91 Å². The number of amides is 1. The molecule has 2 saturated heterocycles. The Balaban J connectivity index is 1.86. The van der Waals surface area contributed by atoms with Gasteiger partial charge in [-0.15, -0.1) is 0 Å². The Hall–Kier alpha value is -1.19. The summed E-state index contributed by atoms with van der Waals surface area (Å²) < 4.78 is 33.2. The predicted octanol–water partition coefficient (Wildman–Crippen LogP) is -1.02. The van der Waals surface area contributed by atoms with Crippen LogP contribution in [0.15, 0.2) is 0 Å². The lowest BCUT2D eigenvalue weighted by Gasteiger charge is -2.32. The summed E-state index contributed by atoms with van der Waals surface area (Å²) in [6, 6.07) is -0.272.